The number of carbonyl (C=O) groups is 1. The number of ether oxygens (including phenoxy) is 1. The zero-order valence-electron chi connectivity index (χ0n) is 15.6. The van der Waals surface area contributed by atoms with E-state index in [-0.39, 0.29) is 18.1 Å². The van der Waals surface area contributed by atoms with Crippen LogP contribution < -0.4 is 10.5 Å². The zero-order chi connectivity index (χ0) is 19.1. The predicted molar refractivity (Wildman–Crippen MR) is 104 cm³/mol. The first kappa shape index (κ1) is 17.1. The molecule has 0 radical (unpaired) electrons. The highest BCUT2D eigenvalue weighted by Gasteiger charge is 2.40. The van der Waals surface area contributed by atoms with Gasteiger partial charge in [0.25, 0.3) is 0 Å². The fraction of sp³-hybridized carbons (Fsp3) is 0.364. The third-order valence-electron chi connectivity index (χ3n) is 6.04. The normalized spacial score (nSPS) is 18.1. The van der Waals surface area contributed by atoms with Gasteiger partial charge in [-0.1, -0.05) is 30.3 Å². The van der Waals surface area contributed by atoms with E-state index in [1.54, 1.807) is 12.1 Å². The smallest absolute Gasteiger partial charge is 0.420 e. The highest BCUT2D eigenvalue weighted by Crippen LogP contribution is 2.39. The van der Waals surface area contributed by atoms with E-state index in [4.69, 9.17) is 9.15 Å². The number of fused-ring (bicyclic) bond motifs is 2. The highest BCUT2D eigenvalue weighted by molar-refractivity contribution is 5.79. The summed E-state index contributed by atoms with van der Waals surface area (Å²) in [4.78, 5) is 26.8. The van der Waals surface area contributed by atoms with Gasteiger partial charge in [-0.2, -0.15) is 0 Å². The fourth-order valence-corrected chi connectivity index (χ4v) is 4.37. The van der Waals surface area contributed by atoms with Crippen molar-refractivity contribution >= 4 is 17.0 Å². The molecular formula is C22H22N2O4. The van der Waals surface area contributed by atoms with E-state index in [2.05, 4.69) is 6.07 Å². The fourth-order valence-electron chi connectivity index (χ4n) is 4.37. The van der Waals surface area contributed by atoms with E-state index < -0.39 is 5.76 Å². The van der Waals surface area contributed by atoms with Crippen molar-refractivity contribution in [3.63, 3.8) is 0 Å². The molecule has 1 aromatic heterocycles. The molecule has 6 heteroatoms. The van der Waals surface area contributed by atoms with Crippen LogP contribution in [0.5, 0.6) is 5.75 Å². The van der Waals surface area contributed by atoms with Crippen LogP contribution in [0.2, 0.25) is 0 Å². The third kappa shape index (κ3) is 2.89. The molecular weight excluding hydrogens is 356 g/mol. The lowest BCUT2D eigenvalue weighted by Gasteiger charge is -2.44. The van der Waals surface area contributed by atoms with Crippen LogP contribution in [0.25, 0.3) is 11.1 Å². The summed E-state index contributed by atoms with van der Waals surface area (Å²) in [5.74, 6) is 0.430. The van der Waals surface area contributed by atoms with Crippen LogP contribution in [0.3, 0.4) is 0 Å². The van der Waals surface area contributed by atoms with Gasteiger partial charge in [0.05, 0.1) is 5.52 Å². The van der Waals surface area contributed by atoms with Crippen molar-refractivity contribution in [1.82, 2.24) is 9.47 Å². The molecule has 2 aliphatic rings. The molecule has 5 rings (SSSR count). The molecule has 0 N–H and O–H groups in total. The van der Waals surface area contributed by atoms with Gasteiger partial charge in [-0.05, 0) is 36.6 Å². The molecule has 144 valence electrons. The Bertz CT molecular complexity index is 1090. The van der Waals surface area contributed by atoms with Crippen LogP contribution in [0, 0.1) is 0 Å². The van der Waals surface area contributed by atoms with Gasteiger partial charge in [0.15, 0.2) is 5.58 Å². The summed E-state index contributed by atoms with van der Waals surface area (Å²) in [6.45, 7) is 1.30. The van der Waals surface area contributed by atoms with E-state index >= 15 is 0 Å². The Morgan fingerprint density at radius 2 is 1.75 bits per heavy atom. The number of hydrogen-bond acceptors (Lipinski definition) is 4. The van der Waals surface area contributed by atoms with Crippen molar-refractivity contribution in [2.75, 3.05) is 13.1 Å². The standard InChI is InChI=1S/C22H22N2O4/c25-20(15-24-17-6-2-4-8-19(17)27-21(24)26)23-13-11-22(12-14-23)10-9-16-5-1-3-7-18(16)28-22/h1-8H,9-15H2. The second kappa shape index (κ2) is 6.55. The number of likely N-dealkylation sites (tertiary alicyclic amines) is 1. The lowest BCUT2D eigenvalue weighted by molar-refractivity contribution is -0.135. The molecule has 3 aromatic rings. The van der Waals surface area contributed by atoms with Crippen molar-refractivity contribution in [2.45, 2.75) is 37.8 Å². The molecule has 0 aliphatic carbocycles. The lowest BCUT2D eigenvalue weighted by atomic mass is 9.83. The van der Waals surface area contributed by atoms with Crippen LogP contribution in [0.15, 0.2) is 57.7 Å². The second-order valence-corrected chi connectivity index (χ2v) is 7.70. The number of amides is 1. The van der Waals surface area contributed by atoms with Crippen molar-refractivity contribution in [2.24, 2.45) is 0 Å². The molecule has 0 atom stereocenters. The maximum atomic E-state index is 12.8. The van der Waals surface area contributed by atoms with Crippen LogP contribution in [-0.4, -0.2) is 34.1 Å². The maximum Gasteiger partial charge on any atom is 0.420 e. The van der Waals surface area contributed by atoms with Gasteiger partial charge >= 0.3 is 5.76 Å². The van der Waals surface area contributed by atoms with Crippen LogP contribution >= 0.6 is 0 Å². The molecule has 0 saturated carbocycles. The molecule has 2 aliphatic heterocycles. The van der Waals surface area contributed by atoms with Crippen LogP contribution in [0.1, 0.15) is 24.8 Å². The number of oxazole rings is 1. The van der Waals surface area contributed by atoms with Gasteiger partial charge in [-0.3, -0.25) is 9.36 Å². The number of rotatable bonds is 2. The molecule has 2 aromatic carbocycles. The first-order valence-corrected chi connectivity index (χ1v) is 9.77. The molecule has 28 heavy (non-hydrogen) atoms. The topological polar surface area (TPSA) is 64.7 Å². The Balaban J connectivity index is 1.28. The molecule has 1 spiro atoms. The second-order valence-electron chi connectivity index (χ2n) is 7.70. The summed E-state index contributed by atoms with van der Waals surface area (Å²) >= 11 is 0. The van der Waals surface area contributed by atoms with Crippen molar-refractivity contribution in [3.8, 4) is 5.75 Å². The SMILES string of the molecule is O=C(Cn1c(=O)oc2ccccc21)N1CCC2(CCc3ccccc3O2)CC1. The lowest BCUT2D eigenvalue weighted by Crippen LogP contribution is -2.51. The zero-order valence-corrected chi connectivity index (χ0v) is 15.6. The Morgan fingerprint density at radius 1 is 1.00 bits per heavy atom. The Kier molecular flexibility index (Phi) is 4.00. The van der Waals surface area contributed by atoms with Gasteiger partial charge in [0.2, 0.25) is 5.91 Å². The van der Waals surface area contributed by atoms with Crippen LogP contribution in [0.4, 0.5) is 0 Å². The monoisotopic (exact) mass is 378 g/mol. The number of benzene rings is 2. The summed E-state index contributed by atoms with van der Waals surface area (Å²) in [5.41, 5.74) is 2.25. The first-order valence-electron chi connectivity index (χ1n) is 9.77. The number of carbonyl (C=O) groups excluding carboxylic acids is 1. The molecule has 3 heterocycles. The molecule has 1 fully saturated rings. The number of aryl methyl sites for hydroxylation is 1. The molecule has 0 bridgehead atoms. The summed E-state index contributed by atoms with van der Waals surface area (Å²) in [6, 6.07) is 15.4. The van der Waals surface area contributed by atoms with Crippen molar-refractivity contribution < 1.29 is 13.9 Å². The van der Waals surface area contributed by atoms with Gasteiger partial charge in [0, 0.05) is 25.9 Å². The molecule has 1 amide bonds. The minimum atomic E-state index is -0.491. The summed E-state index contributed by atoms with van der Waals surface area (Å²) in [7, 11) is 0. The van der Waals surface area contributed by atoms with E-state index in [0.29, 0.717) is 24.2 Å². The van der Waals surface area contributed by atoms with Gasteiger partial charge in [0.1, 0.15) is 17.9 Å². The van der Waals surface area contributed by atoms with Crippen molar-refractivity contribution in [3.05, 3.63) is 64.6 Å². The largest absolute Gasteiger partial charge is 0.487 e. The molecule has 6 nitrogen and oxygen atoms in total. The summed E-state index contributed by atoms with van der Waals surface area (Å²) in [5, 5.41) is 0. The Morgan fingerprint density at radius 3 is 2.61 bits per heavy atom. The number of nitrogens with zero attached hydrogens (tertiary/aromatic N) is 2. The van der Waals surface area contributed by atoms with Gasteiger partial charge < -0.3 is 14.1 Å². The minimum Gasteiger partial charge on any atom is -0.487 e. The maximum absolute atomic E-state index is 12.8. The average molecular weight is 378 g/mol. The Hall–Kier alpha value is -3.02. The van der Waals surface area contributed by atoms with Gasteiger partial charge in [-0.15, -0.1) is 0 Å². The predicted octanol–water partition coefficient (Wildman–Crippen LogP) is 2.98. The van der Waals surface area contributed by atoms with Crippen LogP contribution in [-0.2, 0) is 17.8 Å². The molecule has 1 saturated heterocycles. The summed E-state index contributed by atoms with van der Waals surface area (Å²) in [6.07, 6.45) is 3.63. The van der Waals surface area contributed by atoms with E-state index in [1.165, 1.54) is 10.1 Å². The van der Waals surface area contributed by atoms with E-state index in [0.717, 1.165) is 31.4 Å². The number of aromatic nitrogens is 1. The van der Waals surface area contributed by atoms with E-state index in [9.17, 15) is 9.59 Å². The highest BCUT2D eigenvalue weighted by atomic mass is 16.5. The van der Waals surface area contributed by atoms with Gasteiger partial charge in [-0.25, -0.2) is 4.79 Å². The van der Waals surface area contributed by atoms with E-state index in [1.807, 2.05) is 35.2 Å². The number of piperidine rings is 1. The number of para-hydroxylation sites is 3. The average Bonchev–Trinajstić information content (AvgIpc) is 3.04. The minimum absolute atomic E-state index is 0.00649. The Labute approximate surface area is 162 Å². The summed E-state index contributed by atoms with van der Waals surface area (Å²) < 4.78 is 13.0. The first-order chi connectivity index (χ1) is 13.6. The molecule has 0 unspecified atom stereocenters. The number of hydrogen-bond donors (Lipinski definition) is 0. The quantitative estimate of drug-likeness (QED) is 0.688. The third-order valence-corrected chi connectivity index (χ3v) is 6.04. The van der Waals surface area contributed by atoms with Crippen molar-refractivity contribution in [1.29, 1.82) is 0 Å².